The number of rotatable bonds is 5. The molecular weight excluding hydrogens is 417 g/mol. The van der Waals surface area contributed by atoms with Gasteiger partial charge in [-0.25, -0.2) is 29.3 Å². The zero-order chi connectivity index (χ0) is 22.2. The highest BCUT2D eigenvalue weighted by Crippen LogP contribution is 2.26. The quantitative estimate of drug-likeness (QED) is 0.482. The van der Waals surface area contributed by atoms with E-state index < -0.39 is 5.82 Å². The molecule has 12 heteroatoms. The van der Waals surface area contributed by atoms with Crippen molar-refractivity contribution in [1.29, 1.82) is 0 Å². The summed E-state index contributed by atoms with van der Waals surface area (Å²) < 4.78 is 20.6. The Kier molecular flexibility index (Phi) is 4.88. The van der Waals surface area contributed by atoms with Crippen LogP contribution in [0.25, 0.3) is 22.6 Å². The number of methoxy groups -OCH3 is 1. The van der Waals surface area contributed by atoms with Crippen LogP contribution in [0, 0.1) is 5.82 Å². The van der Waals surface area contributed by atoms with Crippen molar-refractivity contribution in [2.75, 3.05) is 25.5 Å². The summed E-state index contributed by atoms with van der Waals surface area (Å²) >= 11 is 0. The first-order chi connectivity index (χ1) is 15.5. The first-order valence-corrected chi connectivity index (χ1v) is 9.96. The molecule has 0 saturated carbocycles. The molecule has 5 rings (SSSR count). The van der Waals surface area contributed by atoms with Crippen molar-refractivity contribution < 1.29 is 13.9 Å². The van der Waals surface area contributed by atoms with E-state index in [0.717, 1.165) is 6.42 Å². The molecule has 1 atom stereocenters. The van der Waals surface area contributed by atoms with E-state index >= 15 is 0 Å². The number of nitrogens with one attached hydrogen (secondary N) is 2. The molecular formula is C20H20FN9O2. The summed E-state index contributed by atoms with van der Waals surface area (Å²) in [5.74, 6) is 0.229. The molecule has 1 aliphatic heterocycles. The minimum Gasteiger partial charge on any atom is -0.479 e. The number of hydrogen-bond donors (Lipinski definition) is 2. The van der Waals surface area contributed by atoms with Gasteiger partial charge in [0.05, 0.1) is 19.6 Å². The van der Waals surface area contributed by atoms with Gasteiger partial charge in [0.15, 0.2) is 22.8 Å². The summed E-state index contributed by atoms with van der Waals surface area (Å²) in [6.07, 6.45) is 6.83. The van der Waals surface area contributed by atoms with Crippen molar-refractivity contribution in [2.24, 2.45) is 7.05 Å². The number of H-pyrrole nitrogens is 1. The lowest BCUT2D eigenvalue weighted by Gasteiger charge is -2.17. The van der Waals surface area contributed by atoms with Gasteiger partial charge in [0.2, 0.25) is 5.88 Å². The van der Waals surface area contributed by atoms with E-state index in [2.05, 4.69) is 35.2 Å². The number of halogens is 1. The fourth-order valence-corrected chi connectivity index (χ4v) is 3.76. The number of pyridine rings is 1. The number of fused-ring (bicyclic) bond motifs is 1. The van der Waals surface area contributed by atoms with E-state index in [9.17, 15) is 9.18 Å². The molecule has 11 nitrogen and oxygen atoms in total. The summed E-state index contributed by atoms with van der Waals surface area (Å²) in [6.45, 7) is 1.15. The number of ether oxygens (including phenoxy) is 1. The van der Waals surface area contributed by atoms with Gasteiger partial charge in [0.25, 0.3) is 5.91 Å². The fourth-order valence-electron chi connectivity index (χ4n) is 3.76. The second-order valence-corrected chi connectivity index (χ2v) is 7.49. The summed E-state index contributed by atoms with van der Waals surface area (Å²) in [5, 5.41) is 3.36. The minimum absolute atomic E-state index is 0.00512. The molecule has 5 heterocycles. The van der Waals surface area contributed by atoms with Gasteiger partial charge in [-0.1, -0.05) is 0 Å². The van der Waals surface area contributed by atoms with Crippen molar-refractivity contribution in [3.63, 3.8) is 0 Å². The molecule has 0 aliphatic carbocycles. The summed E-state index contributed by atoms with van der Waals surface area (Å²) in [4.78, 5) is 38.6. The smallest absolute Gasteiger partial charge is 0.272 e. The molecule has 4 aromatic rings. The molecule has 1 fully saturated rings. The number of aryl methyl sites for hydroxylation is 1. The van der Waals surface area contributed by atoms with Crippen LogP contribution in [0.5, 0.6) is 5.88 Å². The van der Waals surface area contributed by atoms with Crippen LogP contribution >= 0.6 is 0 Å². The Morgan fingerprint density at radius 3 is 2.94 bits per heavy atom. The molecule has 0 spiro atoms. The Hall–Kier alpha value is -4.09. The Balaban J connectivity index is 1.36. The van der Waals surface area contributed by atoms with E-state index in [1.54, 1.807) is 29.0 Å². The van der Waals surface area contributed by atoms with Crippen molar-refractivity contribution in [3.8, 4) is 17.3 Å². The van der Waals surface area contributed by atoms with Crippen molar-refractivity contribution >= 4 is 22.9 Å². The molecule has 1 saturated heterocycles. The lowest BCUT2D eigenvalue weighted by Crippen LogP contribution is -2.32. The maximum absolute atomic E-state index is 14.1. The Labute approximate surface area is 181 Å². The molecule has 0 aromatic carbocycles. The number of carbonyl (C=O) groups excluding carboxylic acids is 1. The number of aromatic nitrogens is 7. The van der Waals surface area contributed by atoms with Crippen LogP contribution in [0.1, 0.15) is 16.9 Å². The van der Waals surface area contributed by atoms with Crippen LogP contribution in [0.4, 0.5) is 10.2 Å². The number of hydrogen-bond acceptors (Lipinski definition) is 8. The summed E-state index contributed by atoms with van der Waals surface area (Å²) in [6, 6.07) is 1.30. The molecule has 0 bridgehead atoms. The van der Waals surface area contributed by atoms with Gasteiger partial charge < -0.3 is 24.5 Å². The second kappa shape index (κ2) is 7.87. The van der Waals surface area contributed by atoms with E-state index in [4.69, 9.17) is 4.74 Å². The van der Waals surface area contributed by atoms with E-state index in [-0.39, 0.29) is 17.8 Å². The molecule has 164 valence electrons. The third-order valence-corrected chi connectivity index (χ3v) is 5.41. The average molecular weight is 437 g/mol. The highest BCUT2D eigenvalue weighted by atomic mass is 19.1. The lowest BCUT2D eigenvalue weighted by atomic mass is 10.2. The van der Waals surface area contributed by atoms with E-state index in [0.29, 0.717) is 47.2 Å². The highest BCUT2D eigenvalue weighted by Gasteiger charge is 2.29. The molecule has 32 heavy (non-hydrogen) atoms. The second-order valence-electron chi connectivity index (χ2n) is 7.49. The Morgan fingerprint density at radius 2 is 2.19 bits per heavy atom. The van der Waals surface area contributed by atoms with E-state index in [1.807, 2.05) is 0 Å². The van der Waals surface area contributed by atoms with E-state index in [1.165, 1.54) is 25.7 Å². The average Bonchev–Trinajstić information content (AvgIpc) is 3.53. The van der Waals surface area contributed by atoms with Crippen LogP contribution in [0.2, 0.25) is 0 Å². The molecule has 0 radical (unpaired) electrons. The molecule has 2 N–H and O–H groups in total. The van der Waals surface area contributed by atoms with Crippen LogP contribution in [-0.4, -0.2) is 71.5 Å². The summed E-state index contributed by atoms with van der Waals surface area (Å²) in [7, 11) is 3.15. The first-order valence-electron chi connectivity index (χ1n) is 9.96. The van der Waals surface area contributed by atoms with Gasteiger partial charge in [0, 0.05) is 37.9 Å². The van der Waals surface area contributed by atoms with Crippen molar-refractivity contribution in [1.82, 2.24) is 39.4 Å². The van der Waals surface area contributed by atoms with Crippen molar-refractivity contribution in [2.45, 2.75) is 12.5 Å². The van der Waals surface area contributed by atoms with Gasteiger partial charge in [-0.3, -0.25) is 4.79 Å². The number of likely N-dealkylation sites (tertiary alicyclic amines) is 1. The monoisotopic (exact) mass is 437 g/mol. The van der Waals surface area contributed by atoms with Gasteiger partial charge in [-0.05, 0) is 12.5 Å². The van der Waals surface area contributed by atoms with Gasteiger partial charge in [-0.15, -0.1) is 0 Å². The third-order valence-electron chi connectivity index (χ3n) is 5.41. The number of nitrogens with zero attached hydrogens (tertiary/aromatic N) is 7. The zero-order valence-corrected chi connectivity index (χ0v) is 17.4. The fraction of sp³-hybridized carbons (Fsp3) is 0.300. The van der Waals surface area contributed by atoms with Crippen molar-refractivity contribution in [3.05, 3.63) is 42.6 Å². The SMILES string of the molecule is COc1ncc(-c2nc3c(NC4CCN(C(=O)c5cncn5C)C4)ncnc3[nH]2)cc1F. The number of imidazole rings is 2. The third kappa shape index (κ3) is 3.49. The molecule has 1 aliphatic rings. The van der Waals surface area contributed by atoms with Gasteiger partial charge >= 0.3 is 0 Å². The number of amides is 1. The number of aromatic amines is 1. The van der Waals surface area contributed by atoms with Gasteiger partial charge in [0.1, 0.15) is 17.8 Å². The minimum atomic E-state index is -0.584. The topological polar surface area (TPSA) is 127 Å². The molecule has 1 unspecified atom stereocenters. The standard InChI is InChI=1S/C20H20FN9O2/c1-29-10-22-7-14(29)20(31)30-4-3-12(8-30)26-17-15-18(25-9-24-17)28-16(27-15)11-5-13(21)19(32-2)23-6-11/h5-7,9-10,12H,3-4,8H2,1-2H3,(H2,24,25,26,27,28). The van der Waals surface area contributed by atoms with Crippen LogP contribution < -0.4 is 10.1 Å². The lowest BCUT2D eigenvalue weighted by molar-refractivity contribution is 0.0782. The highest BCUT2D eigenvalue weighted by molar-refractivity contribution is 5.92. The van der Waals surface area contributed by atoms with Crippen LogP contribution in [-0.2, 0) is 7.05 Å². The normalized spacial score (nSPS) is 16.0. The summed E-state index contributed by atoms with van der Waals surface area (Å²) in [5.41, 5.74) is 2.04. The Morgan fingerprint density at radius 1 is 1.31 bits per heavy atom. The number of anilines is 1. The first kappa shape index (κ1) is 19.8. The molecule has 4 aromatic heterocycles. The maximum Gasteiger partial charge on any atom is 0.272 e. The Bertz CT molecular complexity index is 1300. The maximum atomic E-state index is 14.1. The van der Waals surface area contributed by atoms with Gasteiger partial charge in [-0.2, -0.15) is 0 Å². The predicted molar refractivity (Wildman–Crippen MR) is 113 cm³/mol. The molecule has 1 amide bonds. The predicted octanol–water partition coefficient (Wildman–Crippen LogP) is 1.62. The number of carbonyl (C=O) groups is 1. The van der Waals surface area contributed by atoms with Crippen LogP contribution in [0.3, 0.4) is 0 Å². The van der Waals surface area contributed by atoms with Crippen LogP contribution in [0.15, 0.2) is 31.1 Å². The zero-order valence-electron chi connectivity index (χ0n) is 17.4. The largest absolute Gasteiger partial charge is 0.479 e.